The molecule has 2 aromatic rings. The van der Waals surface area contributed by atoms with E-state index in [4.69, 9.17) is 0 Å². The number of nitrogens with zero attached hydrogens (tertiary/aromatic N) is 6. The Morgan fingerprint density at radius 3 is 2.22 bits per heavy atom. The zero-order valence-corrected chi connectivity index (χ0v) is 14.1. The molecule has 0 radical (unpaired) electrons. The van der Waals surface area contributed by atoms with Crippen LogP contribution in [0.25, 0.3) is 5.82 Å². The van der Waals surface area contributed by atoms with E-state index in [9.17, 15) is 8.42 Å². The predicted octanol–water partition coefficient (Wildman–Crippen LogP) is 0.442. The van der Waals surface area contributed by atoms with Crippen LogP contribution < -0.4 is 4.90 Å². The van der Waals surface area contributed by atoms with Crippen LogP contribution in [0.4, 0.5) is 5.82 Å². The summed E-state index contributed by atoms with van der Waals surface area (Å²) in [7, 11) is -3.11. The maximum Gasteiger partial charge on any atom is 0.213 e. The minimum absolute atomic E-state index is 0.144. The molecule has 0 atom stereocenters. The molecule has 9 heteroatoms. The van der Waals surface area contributed by atoms with E-state index in [-0.39, 0.29) is 5.75 Å². The fraction of sp³-hybridized carbons (Fsp3) is 0.500. The topological polar surface area (TPSA) is 84.2 Å². The molecule has 0 aromatic carbocycles. The van der Waals surface area contributed by atoms with Crippen molar-refractivity contribution in [3.05, 3.63) is 30.1 Å². The Labute approximate surface area is 135 Å². The molecule has 2 aromatic heterocycles. The molecular formula is C14H20N6O2S. The zero-order chi connectivity index (χ0) is 16.4. The second kappa shape index (κ2) is 6.25. The van der Waals surface area contributed by atoms with Gasteiger partial charge in [0.15, 0.2) is 11.6 Å². The van der Waals surface area contributed by atoms with Crippen LogP contribution >= 0.6 is 0 Å². The summed E-state index contributed by atoms with van der Waals surface area (Å²) in [6.07, 6.45) is 1.84. The van der Waals surface area contributed by atoms with E-state index < -0.39 is 10.0 Å². The molecule has 0 spiro atoms. The highest BCUT2D eigenvalue weighted by Crippen LogP contribution is 2.15. The van der Waals surface area contributed by atoms with Gasteiger partial charge in [0.1, 0.15) is 0 Å². The molecule has 0 amide bonds. The first kappa shape index (κ1) is 15.9. The average Bonchev–Trinajstić information content (AvgIpc) is 3.02. The van der Waals surface area contributed by atoms with Gasteiger partial charge in [-0.05, 0) is 32.0 Å². The Balaban J connectivity index is 1.67. The van der Waals surface area contributed by atoms with Gasteiger partial charge in [0.25, 0.3) is 0 Å². The first-order chi connectivity index (χ1) is 11.0. The van der Waals surface area contributed by atoms with Crippen LogP contribution in [-0.4, -0.2) is 64.6 Å². The standard InChI is InChI=1S/C14H20N6O2S/c1-3-23(21,22)19-10-8-18(9-11-19)13-4-5-14(16-15-13)20-7-6-12(2)17-20/h4-7H,3,8-11H2,1-2H3. The molecule has 23 heavy (non-hydrogen) atoms. The summed E-state index contributed by atoms with van der Waals surface area (Å²) in [5, 5.41) is 12.7. The van der Waals surface area contributed by atoms with E-state index >= 15 is 0 Å². The third kappa shape index (κ3) is 3.35. The third-order valence-electron chi connectivity index (χ3n) is 3.91. The minimum Gasteiger partial charge on any atom is -0.352 e. The molecule has 0 saturated carbocycles. The van der Waals surface area contributed by atoms with Gasteiger partial charge in [0.2, 0.25) is 10.0 Å². The largest absolute Gasteiger partial charge is 0.352 e. The van der Waals surface area contributed by atoms with E-state index in [0.717, 1.165) is 11.5 Å². The Morgan fingerprint density at radius 2 is 1.70 bits per heavy atom. The molecule has 124 valence electrons. The van der Waals surface area contributed by atoms with Crippen LogP contribution in [0.15, 0.2) is 24.4 Å². The van der Waals surface area contributed by atoms with Crippen molar-refractivity contribution in [2.24, 2.45) is 0 Å². The van der Waals surface area contributed by atoms with Gasteiger partial charge >= 0.3 is 0 Å². The summed E-state index contributed by atoms with van der Waals surface area (Å²) in [5.74, 6) is 1.56. The van der Waals surface area contributed by atoms with Crippen LogP contribution in [0.3, 0.4) is 0 Å². The number of piperazine rings is 1. The van der Waals surface area contributed by atoms with Gasteiger partial charge in [-0.25, -0.2) is 13.1 Å². The molecule has 3 rings (SSSR count). The third-order valence-corrected chi connectivity index (χ3v) is 5.80. The van der Waals surface area contributed by atoms with Crippen molar-refractivity contribution in [2.75, 3.05) is 36.8 Å². The predicted molar refractivity (Wildman–Crippen MR) is 87.1 cm³/mol. The molecule has 0 unspecified atom stereocenters. The van der Waals surface area contributed by atoms with E-state index in [1.165, 1.54) is 4.31 Å². The minimum atomic E-state index is -3.11. The second-order valence-electron chi connectivity index (χ2n) is 5.44. The molecule has 0 aliphatic carbocycles. The summed E-state index contributed by atoms with van der Waals surface area (Å²) < 4.78 is 27.0. The lowest BCUT2D eigenvalue weighted by Gasteiger charge is -2.34. The zero-order valence-electron chi connectivity index (χ0n) is 13.3. The quantitative estimate of drug-likeness (QED) is 0.806. The van der Waals surface area contributed by atoms with Crippen molar-refractivity contribution < 1.29 is 8.42 Å². The SMILES string of the molecule is CCS(=O)(=O)N1CCN(c2ccc(-n3ccc(C)n3)nn2)CC1. The van der Waals surface area contributed by atoms with Gasteiger partial charge in [-0.3, -0.25) is 0 Å². The van der Waals surface area contributed by atoms with Crippen molar-refractivity contribution in [3.63, 3.8) is 0 Å². The van der Waals surface area contributed by atoms with Crippen molar-refractivity contribution in [1.82, 2.24) is 24.3 Å². The maximum atomic E-state index is 11.9. The van der Waals surface area contributed by atoms with Crippen molar-refractivity contribution in [3.8, 4) is 5.82 Å². The van der Waals surface area contributed by atoms with Crippen molar-refractivity contribution >= 4 is 15.8 Å². The molecule has 1 aliphatic heterocycles. The highest BCUT2D eigenvalue weighted by atomic mass is 32.2. The molecule has 8 nitrogen and oxygen atoms in total. The fourth-order valence-electron chi connectivity index (χ4n) is 2.53. The smallest absolute Gasteiger partial charge is 0.213 e. The molecule has 1 saturated heterocycles. The van der Waals surface area contributed by atoms with E-state index in [0.29, 0.717) is 32.0 Å². The molecule has 1 aliphatic rings. The van der Waals surface area contributed by atoms with Crippen molar-refractivity contribution in [1.29, 1.82) is 0 Å². The maximum absolute atomic E-state index is 11.9. The monoisotopic (exact) mass is 336 g/mol. The Bertz CT molecular complexity index is 763. The highest BCUT2D eigenvalue weighted by Gasteiger charge is 2.26. The van der Waals surface area contributed by atoms with Crippen LogP contribution in [0.5, 0.6) is 0 Å². The van der Waals surface area contributed by atoms with Crippen LogP contribution in [0, 0.1) is 6.92 Å². The molecule has 0 N–H and O–H groups in total. The first-order valence-electron chi connectivity index (χ1n) is 7.59. The molecular weight excluding hydrogens is 316 g/mol. The number of anilines is 1. The number of hydrogen-bond donors (Lipinski definition) is 0. The van der Waals surface area contributed by atoms with E-state index in [1.54, 1.807) is 11.6 Å². The Kier molecular flexibility index (Phi) is 4.31. The number of sulfonamides is 1. The van der Waals surface area contributed by atoms with Crippen LogP contribution in [0.2, 0.25) is 0 Å². The normalized spacial score (nSPS) is 16.7. The number of aryl methyl sites for hydroxylation is 1. The Morgan fingerprint density at radius 1 is 1.04 bits per heavy atom. The van der Waals surface area contributed by atoms with E-state index in [1.807, 2.05) is 36.2 Å². The summed E-state index contributed by atoms with van der Waals surface area (Å²) in [6, 6.07) is 5.66. The Hall–Kier alpha value is -2.00. The second-order valence-corrected chi connectivity index (χ2v) is 7.70. The first-order valence-corrected chi connectivity index (χ1v) is 9.19. The number of rotatable bonds is 4. The molecule has 1 fully saturated rings. The number of aromatic nitrogens is 4. The van der Waals surface area contributed by atoms with Gasteiger partial charge in [0, 0.05) is 32.4 Å². The van der Waals surface area contributed by atoms with Crippen LogP contribution in [-0.2, 0) is 10.0 Å². The van der Waals surface area contributed by atoms with Crippen molar-refractivity contribution in [2.45, 2.75) is 13.8 Å². The van der Waals surface area contributed by atoms with Gasteiger partial charge in [0.05, 0.1) is 11.4 Å². The molecule has 0 bridgehead atoms. The highest BCUT2D eigenvalue weighted by molar-refractivity contribution is 7.89. The average molecular weight is 336 g/mol. The van der Waals surface area contributed by atoms with Gasteiger partial charge in [-0.15, -0.1) is 10.2 Å². The summed E-state index contributed by atoms with van der Waals surface area (Å²) in [5.41, 5.74) is 0.920. The molecule has 3 heterocycles. The summed E-state index contributed by atoms with van der Waals surface area (Å²) in [4.78, 5) is 2.05. The van der Waals surface area contributed by atoms with Crippen LogP contribution in [0.1, 0.15) is 12.6 Å². The summed E-state index contributed by atoms with van der Waals surface area (Å²) in [6.45, 7) is 5.79. The van der Waals surface area contributed by atoms with Gasteiger partial charge < -0.3 is 4.90 Å². The van der Waals surface area contributed by atoms with Gasteiger partial charge in [-0.2, -0.15) is 9.40 Å². The van der Waals surface area contributed by atoms with E-state index in [2.05, 4.69) is 15.3 Å². The summed E-state index contributed by atoms with van der Waals surface area (Å²) >= 11 is 0. The lowest BCUT2D eigenvalue weighted by molar-refractivity contribution is 0.384. The lowest BCUT2D eigenvalue weighted by Crippen LogP contribution is -2.49. The van der Waals surface area contributed by atoms with Gasteiger partial charge in [-0.1, -0.05) is 0 Å². The lowest BCUT2D eigenvalue weighted by atomic mass is 10.3. The fourth-order valence-corrected chi connectivity index (χ4v) is 3.61. The number of hydrogen-bond acceptors (Lipinski definition) is 6.